The van der Waals surface area contributed by atoms with Crippen molar-refractivity contribution < 1.29 is 9.21 Å². The fourth-order valence-corrected chi connectivity index (χ4v) is 3.12. The van der Waals surface area contributed by atoms with Crippen molar-refractivity contribution in [3.8, 4) is 10.6 Å². The molecule has 3 aromatic heterocycles. The Labute approximate surface area is 143 Å². The number of hydrogen-bond donors (Lipinski definition) is 1. The molecule has 0 bridgehead atoms. The third-order valence-electron chi connectivity index (χ3n) is 3.64. The van der Waals surface area contributed by atoms with Gasteiger partial charge in [-0.3, -0.25) is 14.4 Å². The summed E-state index contributed by atoms with van der Waals surface area (Å²) in [7, 11) is 5.74. The highest BCUT2D eigenvalue weighted by molar-refractivity contribution is 7.13. The molecule has 3 heterocycles. The van der Waals surface area contributed by atoms with Crippen LogP contribution in [-0.2, 0) is 7.05 Å². The first-order valence-corrected chi connectivity index (χ1v) is 8.35. The maximum atomic E-state index is 12.4. The number of amides is 1. The van der Waals surface area contributed by atoms with Gasteiger partial charge < -0.3 is 9.73 Å². The van der Waals surface area contributed by atoms with Crippen LogP contribution in [0.4, 0.5) is 0 Å². The smallest absolute Gasteiger partial charge is 0.270 e. The molecule has 3 rings (SSSR count). The Morgan fingerprint density at radius 1 is 1.50 bits per heavy atom. The highest BCUT2D eigenvalue weighted by Gasteiger charge is 2.19. The molecule has 0 spiro atoms. The van der Waals surface area contributed by atoms with E-state index in [9.17, 15) is 4.79 Å². The summed E-state index contributed by atoms with van der Waals surface area (Å²) in [6.07, 6.45) is 5.24. The molecular formula is C16H19N5O2S. The number of thiazole rings is 1. The van der Waals surface area contributed by atoms with Crippen molar-refractivity contribution in [1.29, 1.82) is 0 Å². The lowest BCUT2D eigenvalue weighted by atomic mass is 10.2. The fourth-order valence-electron chi connectivity index (χ4n) is 2.34. The van der Waals surface area contributed by atoms with Crippen LogP contribution in [0, 0.1) is 0 Å². The monoisotopic (exact) mass is 345 g/mol. The summed E-state index contributed by atoms with van der Waals surface area (Å²) in [5.41, 5.74) is 1.32. The summed E-state index contributed by atoms with van der Waals surface area (Å²) in [6, 6.07) is 3.72. The van der Waals surface area contributed by atoms with Crippen LogP contribution in [0.2, 0.25) is 0 Å². The van der Waals surface area contributed by atoms with E-state index in [2.05, 4.69) is 15.4 Å². The summed E-state index contributed by atoms with van der Waals surface area (Å²) in [5, 5.41) is 9.58. The first-order valence-electron chi connectivity index (χ1n) is 7.47. The average Bonchev–Trinajstić information content (AvgIpc) is 3.27. The Bertz CT molecular complexity index is 806. The number of nitrogens with zero attached hydrogens (tertiary/aromatic N) is 4. The van der Waals surface area contributed by atoms with Crippen LogP contribution in [-0.4, -0.2) is 46.2 Å². The molecule has 0 aliphatic heterocycles. The van der Waals surface area contributed by atoms with E-state index < -0.39 is 0 Å². The van der Waals surface area contributed by atoms with Crippen LogP contribution in [0.5, 0.6) is 0 Å². The zero-order chi connectivity index (χ0) is 17.1. The van der Waals surface area contributed by atoms with Gasteiger partial charge in [0.1, 0.15) is 16.5 Å². The van der Waals surface area contributed by atoms with Crippen LogP contribution in [0.1, 0.15) is 22.3 Å². The minimum absolute atomic E-state index is 0.0274. The predicted molar refractivity (Wildman–Crippen MR) is 91.8 cm³/mol. The van der Waals surface area contributed by atoms with Gasteiger partial charge in [-0.25, -0.2) is 4.98 Å². The molecule has 8 heteroatoms. The number of carbonyl (C=O) groups excluding carboxylic acids is 1. The zero-order valence-corrected chi connectivity index (χ0v) is 14.6. The topological polar surface area (TPSA) is 76.2 Å². The van der Waals surface area contributed by atoms with E-state index in [-0.39, 0.29) is 11.9 Å². The van der Waals surface area contributed by atoms with Crippen molar-refractivity contribution in [2.75, 3.05) is 20.6 Å². The number of hydrogen-bond acceptors (Lipinski definition) is 6. The van der Waals surface area contributed by atoms with Crippen molar-refractivity contribution in [3.05, 3.63) is 47.6 Å². The van der Waals surface area contributed by atoms with E-state index in [0.29, 0.717) is 12.2 Å². The van der Waals surface area contributed by atoms with Crippen molar-refractivity contribution >= 4 is 17.2 Å². The molecule has 0 aromatic carbocycles. The van der Waals surface area contributed by atoms with Crippen LogP contribution < -0.4 is 5.32 Å². The Morgan fingerprint density at radius 2 is 2.33 bits per heavy atom. The van der Waals surface area contributed by atoms with Gasteiger partial charge in [0.15, 0.2) is 0 Å². The second-order valence-electron chi connectivity index (χ2n) is 5.65. The summed E-state index contributed by atoms with van der Waals surface area (Å²) in [5.74, 6) is 0.620. The fraction of sp³-hybridized carbons (Fsp3) is 0.312. The molecule has 0 fully saturated rings. The van der Waals surface area contributed by atoms with Crippen LogP contribution in [0.25, 0.3) is 10.6 Å². The number of rotatable bonds is 6. The molecule has 1 atom stereocenters. The summed E-state index contributed by atoms with van der Waals surface area (Å²) < 4.78 is 7.15. The normalized spacial score (nSPS) is 12.5. The summed E-state index contributed by atoms with van der Waals surface area (Å²) in [4.78, 5) is 18.8. The molecule has 1 N–H and O–H groups in total. The quantitative estimate of drug-likeness (QED) is 0.741. The number of aryl methyl sites for hydroxylation is 1. The minimum atomic E-state index is -0.195. The van der Waals surface area contributed by atoms with E-state index in [1.807, 2.05) is 44.4 Å². The Hall–Kier alpha value is -2.45. The first-order chi connectivity index (χ1) is 11.5. The standard InChI is InChI=1S/C16H19N5O2S/c1-20(2)13(14-5-4-6-23-14)8-17-15(22)12-10-24-16(19-12)11-7-18-21(3)9-11/h4-7,9-10,13H,8H2,1-3H3,(H,17,22)/t13-/m0/s1. The summed E-state index contributed by atoms with van der Waals surface area (Å²) in [6.45, 7) is 0.444. The molecule has 0 radical (unpaired) electrons. The largest absolute Gasteiger partial charge is 0.468 e. The van der Waals surface area contributed by atoms with Gasteiger partial charge in [-0.2, -0.15) is 5.10 Å². The highest BCUT2D eigenvalue weighted by Crippen LogP contribution is 2.23. The highest BCUT2D eigenvalue weighted by atomic mass is 32.1. The van der Waals surface area contributed by atoms with Crippen molar-refractivity contribution in [1.82, 2.24) is 25.0 Å². The van der Waals surface area contributed by atoms with E-state index in [0.717, 1.165) is 16.3 Å². The van der Waals surface area contributed by atoms with Gasteiger partial charge in [0.25, 0.3) is 5.91 Å². The van der Waals surface area contributed by atoms with Gasteiger partial charge in [-0.1, -0.05) is 0 Å². The van der Waals surface area contributed by atoms with Crippen LogP contribution >= 0.6 is 11.3 Å². The molecule has 0 saturated heterocycles. The van der Waals surface area contributed by atoms with Gasteiger partial charge in [0.05, 0.1) is 18.5 Å². The molecule has 0 aliphatic rings. The molecule has 126 valence electrons. The van der Waals surface area contributed by atoms with Crippen molar-refractivity contribution in [3.63, 3.8) is 0 Å². The number of likely N-dealkylation sites (N-methyl/N-ethyl adjacent to an activating group) is 1. The second kappa shape index (κ2) is 6.98. The second-order valence-corrected chi connectivity index (χ2v) is 6.50. The number of nitrogens with one attached hydrogen (secondary N) is 1. The van der Waals surface area contributed by atoms with Crippen LogP contribution in [0.15, 0.2) is 40.6 Å². The van der Waals surface area contributed by atoms with Gasteiger partial charge in [0, 0.05) is 30.7 Å². The zero-order valence-electron chi connectivity index (χ0n) is 13.8. The number of carbonyl (C=O) groups is 1. The Kier molecular flexibility index (Phi) is 4.77. The molecular weight excluding hydrogens is 326 g/mol. The van der Waals surface area contributed by atoms with Gasteiger partial charge in [-0.05, 0) is 26.2 Å². The van der Waals surface area contributed by atoms with E-state index in [1.165, 1.54) is 11.3 Å². The average molecular weight is 345 g/mol. The lowest BCUT2D eigenvalue weighted by Crippen LogP contribution is -2.34. The van der Waals surface area contributed by atoms with E-state index in [4.69, 9.17) is 4.42 Å². The van der Waals surface area contributed by atoms with Crippen LogP contribution in [0.3, 0.4) is 0 Å². The van der Waals surface area contributed by atoms with Gasteiger partial charge in [-0.15, -0.1) is 11.3 Å². The molecule has 7 nitrogen and oxygen atoms in total. The Morgan fingerprint density at radius 3 is 2.96 bits per heavy atom. The molecule has 0 aliphatic carbocycles. The lowest BCUT2D eigenvalue weighted by Gasteiger charge is -2.22. The SMILES string of the molecule is CN(C)[C@@H](CNC(=O)c1csc(-c2cnn(C)c2)n1)c1ccco1. The van der Waals surface area contributed by atoms with Gasteiger partial charge in [0.2, 0.25) is 0 Å². The minimum Gasteiger partial charge on any atom is -0.468 e. The van der Waals surface area contributed by atoms with E-state index in [1.54, 1.807) is 22.5 Å². The van der Waals surface area contributed by atoms with Crippen molar-refractivity contribution in [2.45, 2.75) is 6.04 Å². The number of furan rings is 1. The Balaban J connectivity index is 1.66. The third kappa shape index (κ3) is 3.55. The third-order valence-corrected chi connectivity index (χ3v) is 4.53. The molecule has 0 unspecified atom stereocenters. The first kappa shape index (κ1) is 16.4. The molecule has 1 amide bonds. The maximum absolute atomic E-state index is 12.4. The lowest BCUT2D eigenvalue weighted by molar-refractivity contribution is 0.0935. The number of aromatic nitrogens is 3. The predicted octanol–water partition coefficient (Wildman–Crippen LogP) is 2.17. The maximum Gasteiger partial charge on any atom is 0.270 e. The van der Waals surface area contributed by atoms with Gasteiger partial charge >= 0.3 is 0 Å². The molecule has 24 heavy (non-hydrogen) atoms. The summed E-state index contributed by atoms with van der Waals surface area (Å²) >= 11 is 1.43. The molecule has 0 saturated carbocycles. The molecule has 3 aromatic rings. The van der Waals surface area contributed by atoms with Crippen molar-refractivity contribution in [2.24, 2.45) is 7.05 Å². The van der Waals surface area contributed by atoms with E-state index >= 15 is 0 Å².